The molecule has 12 heteroatoms. The normalized spacial score (nSPS) is 29.8. The molecule has 3 amide bonds. The second-order valence-corrected chi connectivity index (χ2v) is 10.5. The van der Waals surface area contributed by atoms with E-state index in [0.29, 0.717) is 32.7 Å². The lowest BCUT2D eigenvalue weighted by molar-refractivity contribution is -0.163. The van der Waals surface area contributed by atoms with Crippen molar-refractivity contribution in [3.8, 4) is 0 Å². The summed E-state index contributed by atoms with van der Waals surface area (Å²) in [5, 5.41) is 2.95. The summed E-state index contributed by atoms with van der Waals surface area (Å²) in [6.07, 6.45) is 0.432. The maximum absolute atomic E-state index is 12.8. The number of amides is 3. The van der Waals surface area contributed by atoms with Crippen LogP contribution in [-0.2, 0) is 29.3 Å². The van der Waals surface area contributed by atoms with Gasteiger partial charge in [0.05, 0.1) is 18.7 Å². The first-order valence-corrected chi connectivity index (χ1v) is 11.0. The Morgan fingerprint density at radius 3 is 2.59 bits per heavy atom. The lowest BCUT2D eigenvalue weighted by atomic mass is 9.69. The smallest absolute Gasteiger partial charge is 0.281 e. The van der Waals surface area contributed by atoms with Gasteiger partial charge in [0.1, 0.15) is 0 Å². The van der Waals surface area contributed by atoms with Crippen molar-refractivity contribution in [2.75, 3.05) is 61.0 Å². The molecule has 0 aromatic carbocycles. The van der Waals surface area contributed by atoms with Crippen LogP contribution in [0.2, 0.25) is 0 Å². The molecule has 2 saturated heterocycles. The molecule has 1 N–H and O–H groups in total. The number of morpholine rings is 1. The second-order valence-electron chi connectivity index (χ2n) is 8.22. The first-order chi connectivity index (χ1) is 13.5. The molecule has 1 saturated carbocycles. The van der Waals surface area contributed by atoms with Crippen LogP contribution in [0.15, 0.2) is 0 Å². The third-order valence-corrected chi connectivity index (χ3v) is 7.93. The number of carbonyl (C=O) groups is 3. The van der Waals surface area contributed by atoms with E-state index >= 15 is 0 Å². The van der Waals surface area contributed by atoms with Gasteiger partial charge >= 0.3 is 0 Å². The fourth-order valence-corrected chi connectivity index (χ4v) is 4.96. The minimum absolute atomic E-state index is 0.0857. The monoisotopic (exact) mass is 431 g/mol. The van der Waals surface area contributed by atoms with Crippen molar-refractivity contribution in [1.29, 1.82) is 0 Å². The van der Waals surface area contributed by atoms with Crippen molar-refractivity contribution in [2.45, 2.75) is 24.5 Å². The Labute approximate surface area is 171 Å². The van der Waals surface area contributed by atoms with Gasteiger partial charge in [-0.3, -0.25) is 14.4 Å². The van der Waals surface area contributed by atoms with Crippen LogP contribution in [0.3, 0.4) is 0 Å². The Kier molecular flexibility index (Phi) is 5.91. The number of likely N-dealkylation sites (N-methyl/N-ethyl adjacent to an activating group) is 2. The van der Waals surface area contributed by atoms with Crippen molar-refractivity contribution >= 4 is 27.9 Å². The number of ether oxygens (including phenoxy) is 1. The lowest BCUT2D eigenvalue weighted by Gasteiger charge is -2.44. The highest BCUT2D eigenvalue weighted by molar-refractivity contribution is 7.86. The van der Waals surface area contributed by atoms with Crippen LogP contribution in [0.4, 0.5) is 0 Å². The highest BCUT2D eigenvalue weighted by Gasteiger charge is 2.56. The van der Waals surface area contributed by atoms with Gasteiger partial charge in [0.25, 0.3) is 22.0 Å². The summed E-state index contributed by atoms with van der Waals surface area (Å²) in [6.45, 7) is 1.20. The van der Waals surface area contributed by atoms with Gasteiger partial charge in [0.2, 0.25) is 12.0 Å². The molecular weight excluding hydrogens is 402 g/mol. The number of fused-ring (bicyclic) bond motifs is 1. The average Bonchev–Trinajstić information content (AvgIpc) is 2.88. The Bertz CT molecular complexity index is 802. The largest absolute Gasteiger partial charge is 0.357 e. The van der Waals surface area contributed by atoms with Gasteiger partial charge in [-0.15, -0.1) is 0 Å². The number of hydrogen-bond acceptors (Lipinski definition) is 6. The van der Waals surface area contributed by atoms with Crippen LogP contribution < -0.4 is 5.32 Å². The molecule has 3 rings (SSSR count). The predicted molar refractivity (Wildman–Crippen MR) is 103 cm³/mol. The molecule has 0 spiro atoms. The van der Waals surface area contributed by atoms with E-state index in [2.05, 4.69) is 5.32 Å². The molecule has 3 fully saturated rings. The Morgan fingerprint density at radius 1 is 1.31 bits per heavy atom. The second kappa shape index (κ2) is 7.82. The van der Waals surface area contributed by atoms with Crippen molar-refractivity contribution in [2.24, 2.45) is 5.92 Å². The maximum atomic E-state index is 12.8. The lowest BCUT2D eigenvalue weighted by Crippen LogP contribution is -2.62. The topological polar surface area (TPSA) is 120 Å². The quantitative estimate of drug-likeness (QED) is 0.472. The van der Waals surface area contributed by atoms with Crippen molar-refractivity contribution in [3.63, 3.8) is 0 Å². The number of nitrogens with one attached hydrogen (secondary N) is 1. The molecular formula is C17H29N5O6S. The molecule has 164 valence electrons. The maximum Gasteiger partial charge on any atom is 0.281 e. The zero-order valence-electron chi connectivity index (χ0n) is 17.3. The molecule has 0 aromatic rings. The summed E-state index contributed by atoms with van der Waals surface area (Å²) in [6, 6.07) is 0. The molecule has 11 nitrogen and oxygen atoms in total. The van der Waals surface area contributed by atoms with E-state index in [4.69, 9.17) is 4.74 Å². The van der Waals surface area contributed by atoms with Gasteiger partial charge in [-0.2, -0.15) is 17.0 Å². The summed E-state index contributed by atoms with van der Waals surface area (Å²) < 4.78 is 31.6. The molecule has 1 unspecified atom stereocenters. The van der Waals surface area contributed by atoms with Gasteiger partial charge < -0.3 is 19.9 Å². The molecule has 3 aliphatic rings. The average molecular weight is 432 g/mol. The molecule has 0 radical (unpaired) electrons. The first-order valence-electron chi connectivity index (χ1n) is 9.58. The van der Waals surface area contributed by atoms with Crippen molar-refractivity contribution in [3.05, 3.63) is 0 Å². The number of hydrogen-bond donors (Lipinski definition) is 1. The first kappa shape index (κ1) is 21.9. The molecule has 29 heavy (non-hydrogen) atoms. The predicted octanol–water partition coefficient (Wildman–Crippen LogP) is -2.31. The van der Waals surface area contributed by atoms with Gasteiger partial charge in [-0.25, -0.2) is 0 Å². The number of nitrogens with zero attached hydrogens (tertiary/aromatic N) is 4. The van der Waals surface area contributed by atoms with Crippen molar-refractivity contribution < 1.29 is 27.5 Å². The minimum Gasteiger partial charge on any atom is -0.357 e. The molecule has 2 heterocycles. The van der Waals surface area contributed by atoms with E-state index in [1.807, 2.05) is 0 Å². The minimum atomic E-state index is -3.69. The zero-order chi connectivity index (χ0) is 21.6. The SMILES string of the molecule is CN1CCOC(C(=O)N2C[C@@H]3CC[C@]3(NC(=O)CN(C)S(=O)(=O)N(C)C)C2)C1=O. The molecule has 3 atom stereocenters. The third kappa shape index (κ3) is 3.98. The fraction of sp³-hybridized carbons (Fsp3) is 0.824. The van der Waals surface area contributed by atoms with Crippen LogP contribution in [0.1, 0.15) is 12.8 Å². The van der Waals surface area contributed by atoms with Gasteiger partial charge in [0.15, 0.2) is 0 Å². The summed E-state index contributed by atoms with van der Waals surface area (Å²) in [5.74, 6) is -1.06. The summed E-state index contributed by atoms with van der Waals surface area (Å²) in [7, 11) is 2.09. The van der Waals surface area contributed by atoms with Crippen molar-refractivity contribution in [1.82, 2.24) is 23.7 Å². The molecule has 1 aliphatic carbocycles. The number of carbonyl (C=O) groups excluding carboxylic acids is 3. The fourth-order valence-electron chi connectivity index (χ4n) is 4.13. The van der Waals surface area contributed by atoms with Gasteiger partial charge in [-0.05, 0) is 12.8 Å². The Balaban J connectivity index is 1.62. The highest BCUT2D eigenvalue weighted by Crippen LogP contribution is 2.44. The van der Waals surface area contributed by atoms with E-state index in [1.54, 1.807) is 11.9 Å². The van der Waals surface area contributed by atoms with E-state index in [-0.39, 0.29) is 24.3 Å². The highest BCUT2D eigenvalue weighted by atomic mass is 32.2. The molecule has 0 aromatic heterocycles. The molecule has 2 aliphatic heterocycles. The number of likely N-dealkylation sites (tertiary alicyclic amines) is 1. The van der Waals surface area contributed by atoms with E-state index in [9.17, 15) is 22.8 Å². The standard InChI is InChI=1S/C17H29N5O6S/c1-19(2)29(26,27)21(4)10-13(23)18-17-6-5-12(17)9-22(11-17)16(25)14-15(24)20(3)7-8-28-14/h12,14H,5-11H2,1-4H3,(H,18,23)/t12-,14?,17-/m0/s1. The number of rotatable bonds is 6. The summed E-state index contributed by atoms with van der Waals surface area (Å²) in [4.78, 5) is 40.7. The van der Waals surface area contributed by atoms with Crippen LogP contribution in [0.5, 0.6) is 0 Å². The molecule has 0 bridgehead atoms. The van der Waals surface area contributed by atoms with Gasteiger partial charge in [-0.1, -0.05) is 0 Å². The summed E-state index contributed by atoms with van der Waals surface area (Å²) >= 11 is 0. The van der Waals surface area contributed by atoms with Crippen LogP contribution in [0, 0.1) is 5.92 Å². The Morgan fingerprint density at radius 2 is 2.00 bits per heavy atom. The zero-order valence-corrected chi connectivity index (χ0v) is 18.1. The Hall–Kier alpha value is -1.76. The summed E-state index contributed by atoms with van der Waals surface area (Å²) in [5.41, 5.74) is -0.570. The third-order valence-electron chi connectivity index (χ3n) is 6.09. The van der Waals surface area contributed by atoms with E-state index in [1.165, 1.54) is 26.0 Å². The van der Waals surface area contributed by atoms with E-state index in [0.717, 1.165) is 15.0 Å². The van der Waals surface area contributed by atoms with E-state index < -0.39 is 27.8 Å². The van der Waals surface area contributed by atoms with Crippen LogP contribution in [0.25, 0.3) is 0 Å². The van der Waals surface area contributed by atoms with Crippen LogP contribution in [-0.4, -0.2) is 117 Å². The van der Waals surface area contributed by atoms with Gasteiger partial charge in [0, 0.05) is 53.7 Å². The van der Waals surface area contributed by atoms with Crippen LogP contribution >= 0.6 is 0 Å².